The van der Waals surface area contributed by atoms with Crippen LogP contribution in [0.5, 0.6) is 11.5 Å². The van der Waals surface area contributed by atoms with E-state index in [2.05, 4.69) is 10.1 Å². The summed E-state index contributed by atoms with van der Waals surface area (Å²) in [7, 11) is 0. The lowest BCUT2D eigenvalue weighted by atomic mass is 9.92. The van der Waals surface area contributed by atoms with Gasteiger partial charge in [-0.15, -0.1) is 12.4 Å². The van der Waals surface area contributed by atoms with Crippen molar-refractivity contribution in [3.05, 3.63) is 59.7 Å². The molecule has 8 heteroatoms. The third kappa shape index (κ3) is 6.08. The minimum atomic E-state index is -2.94. The summed E-state index contributed by atoms with van der Waals surface area (Å²) >= 11 is 0. The Balaban J connectivity index is 0.00000364. The van der Waals surface area contributed by atoms with Gasteiger partial charge in [-0.05, 0) is 37.1 Å². The lowest BCUT2D eigenvalue weighted by molar-refractivity contribution is -0.126. The third-order valence-electron chi connectivity index (χ3n) is 3.82. The van der Waals surface area contributed by atoms with Gasteiger partial charge in [-0.1, -0.05) is 36.4 Å². The molecule has 0 aromatic heterocycles. The molecule has 0 heterocycles. The van der Waals surface area contributed by atoms with Crippen LogP contribution in [0, 0.1) is 0 Å². The average Bonchev–Trinajstić information content (AvgIpc) is 2.62. The number of nitrogens with two attached hydrogens (primary N) is 1. The predicted octanol–water partition coefficient (Wildman–Crippen LogP) is 3.60. The summed E-state index contributed by atoms with van der Waals surface area (Å²) in [5.74, 6) is -0.211. The molecule has 0 aliphatic rings. The number of hydrogen-bond acceptors (Lipinski definition) is 4. The second-order valence-corrected chi connectivity index (χ2v) is 5.84. The largest absolute Gasteiger partial charge is 0.490 e. The highest BCUT2D eigenvalue weighted by atomic mass is 35.5. The van der Waals surface area contributed by atoms with Gasteiger partial charge < -0.3 is 20.5 Å². The van der Waals surface area contributed by atoms with Crippen LogP contribution in [0.4, 0.5) is 8.78 Å². The van der Waals surface area contributed by atoms with Crippen LogP contribution >= 0.6 is 12.4 Å². The lowest BCUT2D eigenvalue weighted by Gasteiger charge is -2.24. The van der Waals surface area contributed by atoms with Crippen molar-refractivity contribution in [3.63, 3.8) is 0 Å². The lowest BCUT2D eigenvalue weighted by Crippen LogP contribution is -2.48. The molecule has 27 heavy (non-hydrogen) atoms. The van der Waals surface area contributed by atoms with E-state index in [-0.39, 0.29) is 36.4 Å². The average molecular weight is 401 g/mol. The molecule has 148 valence electrons. The molecule has 0 radical (unpaired) electrons. The van der Waals surface area contributed by atoms with E-state index >= 15 is 0 Å². The molecule has 0 saturated heterocycles. The Morgan fingerprint density at radius 1 is 1.19 bits per heavy atom. The number of carbonyl (C=O) groups excluding carboxylic acids is 1. The number of amides is 1. The van der Waals surface area contributed by atoms with Gasteiger partial charge in [0.1, 0.15) is 5.54 Å². The maximum atomic E-state index is 12.5. The van der Waals surface area contributed by atoms with Crippen molar-refractivity contribution < 1.29 is 23.0 Å². The standard InChI is InChI=1S/C19H22F2N2O3.ClH/c1-3-25-16-11-13(9-10-15(16)26-18(20)21)12-23-17(24)19(2,22)14-7-5-4-6-8-14;/h4-11,18H,3,12,22H2,1-2H3,(H,23,24);1H. The quantitative estimate of drug-likeness (QED) is 0.710. The molecule has 0 spiro atoms. The molecule has 2 rings (SSSR count). The Bertz CT molecular complexity index is 743. The van der Waals surface area contributed by atoms with E-state index < -0.39 is 12.2 Å². The fourth-order valence-electron chi connectivity index (χ4n) is 2.41. The summed E-state index contributed by atoms with van der Waals surface area (Å²) in [6, 6.07) is 13.5. The molecular weight excluding hydrogens is 378 g/mol. The molecule has 0 bridgehead atoms. The van der Waals surface area contributed by atoms with Crippen LogP contribution in [0.25, 0.3) is 0 Å². The topological polar surface area (TPSA) is 73.6 Å². The van der Waals surface area contributed by atoms with Gasteiger partial charge in [0.2, 0.25) is 5.91 Å². The van der Waals surface area contributed by atoms with Gasteiger partial charge in [-0.2, -0.15) is 8.78 Å². The first-order valence-corrected chi connectivity index (χ1v) is 8.17. The van der Waals surface area contributed by atoms with E-state index in [9.17, 15) is 13.6 Å². The third-order valence-corrected chi connectivity index (χ3v) is 3.82. The van der Waals surface area contributed by atoms with Gasteiger partial charge in [0.15, 0.2) is 11.5 Å². The summed E-state index contributed by atoms with van der Waals surface area (Å²) in [6.07, 6.45) is 0. The van der Waals surface area contributed by atoms with Gasteiger partial charge in [0, 0.05) is 6.54 Å². The monoisotopic (exact) mass is 400 g/mol. The fourth-order valence-corrected chi connectivity index (χ4v) is 2.41. The van der Waals surface area contributed by atoms with Crippen LogP contribution in [0.2, 0.25) is 0 Å². The molecule has 2 aromatic carbocycles. The SMILES string of the molecule is CCOc1cc(CNC(=O)C(C)(N)c2ccccc2)ccc1OC(F)F.Cl. The highest BCUT2D eigenvalue weighted by Crippen LogP contribution is 2.30. The number of halogens is 3. The molecule has 0 aliphatic carbocycles. The zero-order valence-corrected chi connectivity index (χ0v) is 15.9. The Morgan fingerprint density at radius 3 is 2.44 bits per heavy atom. The van der Waals surface area contributed by atoms with Crippen molar-refractivity contribution in [2.24, 2.45) is 5.73 Å². The Kier molecular flexibility index (Phi) is 8.46. The summed E-state index contributed by atoms with van der Waals surface area (Å²) < 4.78 is 34.6. The van der Waals surface area contributed by atoms with Crippen molar-refractivity contribution in [1.82, 2.24) is 5.32 Å². The van der Waals surface area contributed by atoms with Crippen LogP contribution in [-0.4, -0.2) is 19.1 Å². The van der Waals surface area contributed by atoms with E-state index in [1.165, 1.54) is 6.07 Å². The van der Waals surface area contributed by atoms with E-state index in [0.717, 1.165) is 0 Å². The van der Waals surface area contributed by atoms with E-state index in [1.807, 2.05) is 18.2 Å². The molecule has 1 atom stereocenters. The van der Waals surface area contributed by atoms with Crippen LogP contribution in [-0.2, 0) is 16.9 Å². The number of alkyl halides is 2. The first-order chi connectivity index (χ1) is 12.3. The van der Waals surface area contributed by atoms with Crippen molar-refractivity contribution in [2.45, 2.75) is 32.5 Å². The van der Waals surface area contributed by atoms with Gasteiger partial charge in [-0.25, -0.2) is 0 Å². The van der Waals surface area contributed by atoms with E-state index in [0.29, 0.717) is 17.7 Å². The summed E-state index contributed by atoms with van der Waals surface area (Å²) in [5.41, 5.74) is 6.33. The van der Waals surface area contributed by atoms with Crippen LogP contribution in [0.15, 0.2) is 48.5 Å². The van der Waals surface area contributed by atoms with Crippen molar-refractivity contribution in [1.29, 1.82) is 0 Å². The summed E-state index contributed by atoms with van der Waals surface area (Å²) in [6.45, 7) is 0.893. The molecule has 2 aromatic rings. The molecule has 0 aliphatic heterocycles. The maximum Gasteiger partial charge on any atom is 0.387 e. The second-order valence-electron chi connectivity index (χ2n) is 5.84. The highest BCUT2D eigenvalue weighted by molar-refractivity contribution is 5.87. The molecule has 0 fully saturated rings. The van der Waals surface area contributed by atoms with Crippen LogP contribution < -0.4 is 20.5 Å². The summed E-state index contributed by atoms with van der Waals surface area (Å²) in [4.78, 5) is 12.5. The van der Waals surface area contributed by atoms with Crippen molar-refractivity contribution in [3.8, 4) is 11.5 Å². The second kappa shape index (κ2) is 10.1. The van der Waals surface area contributed by atoms with Crippen LogP contribution in [0.1, 0.15) is 25.0 Å². The highest BCUT2D eigenvalue weighted by Gasteiger charge is 2.30. The molecule has 3 N–H and O–H groups in total. The first kappa shape index (κ1) is 22.7. The van der Waals surface area contributed by atoms with Gasteiger partial charge in [0.05, 0.1) is 6.61 Å². The number of rotatable bonds is 8. The smallest absolute Gasteiger partial charge is 0.387 e. The zero-order valence-electron chi connectivity index (χ0n) is 15.1. The molecule has 0 saturated carbocycles. The molecular formula is C19H23ClF2N2O3. The number of ether oxygens (including phenoxy) is 2. The zero-order chi connectivity index (χ0) is 19.2. The number of nitrogens with one attached hydrogen (secondary N) is 1. The summed E-state index contributed by atoms with van der Waals surface area (Å²) in [5, 5.41) is 2.76. The Morgan fingerprint density at radius 2 is 1.85 bits per heavy atom. The molecule has 1 unspecified atom stereocenters. The number of carbonyl (C=O) groups is 1. The maximum absolute atomic E-state index is 12.5. The van der Waals surface area contributed by atoms with E-state index in [1.54, 1.807) is 38.1 Å². The van der Waals surface area contributed by atoms with Crippen molar-refractivity contribution >= 4 is 18.3 Å². The van der Waals surface area contributed by atoms with Crippen LogP contribution in [0.3, 0.4) is 0 Å². The molecule has 1 amide bonds. The Hall–Kier alpha value is -2.38. The number of benzene rings is 2. The fraction of sp³-hybridized carbons (Fsp3) is 0.316. The van der Waals surface area contributed by atoms with Gasteiger partial charge >= 0.3 is 6.61 Å². The predicted molar refractivity (Wildman–Crippen MR) is 101 cm³/mol. The number of hydrogen-bond donors (Lipinski definition) is 2. The molecule has 5 nitrogen and oxygen atoms in total. The van der Waals surface area contributed by atoms with Gasteiger partial charge in [-0.3, -0.25) is 4.79 Å². The minimum absolute atomic E-state index is 0. The Labute approximate surface area is 163 Å². The van der Waals surface area contributed by atoms with Crippen molar-refractivity contribution in [2.75, 3.05) is 6.61 Å². The van der Waals surface area contributed by atoms with Gasteiger partial charge in [0.25, 0.3) is 0 Å². The minimum Gasteiger partial charge on any atom is -0.490 e. The first-order valence-electron chi connectivity index (χ1n) is 8.17. The van der Waals surface area contributed by atoms with E-state index in [4.69, 9.17) is 10.5 Å². The normalized spacial score (nSPS) is 12.7.